The van der Waals surface area contributed by atoms with Crippen LogP contribution in [0, 0.1) is 5.82 Å². The summed E-state index contributed by atoms with van der Waals surface area (Å²) in [6.07, 6.45) is -4.41. The number of hydrogen-bond donors (Lipinski definition) is 1. The van der Waals surface area contributed by atoms with Gasteiger partial charge in [0.15, 0.2) is 0 Å². The minimum Gasteiger partial charge on any atom is -0.347 e. The zero-order valence-electron chi connectivity index (χ0n) is 13.4. The van der Waals surface area contributed by atoms with Crippen LogP contribution in [0.1, 0.15) is 22.3 Å². The molecule has 1 saturated heterocycles. The summed E-state index contributed by atoms with van der Waals surface area (Å²) in [6, 6.07) is 8.76. The van der Waals surface area contributed by atoms with Crippen molar-refractivity contribution < 1.29 is 27.2 Å². The van der Waals surface area contributed by atoms with Crippen molar-refractivity contribution in [2.75, 3.05) is 11.4 Å². The molecule has 4 nitrogen and oxygen atoms in total. The summed E-state index contributed by atoms with van der Waals surface area (Å²) in [5.74, 6) is -1.21. The van der Waals surface area contributed by atoms with Crippen LogP contribution in [0.25, 0.3) is 0 Å². The summed E-state index contributed by atoms with van der Waals surface area (Å²) >= 11 is 0. The van der Waals surface area contributed by atoms with Gasteiger partial charge in [-0.25, -0.2) is 4.39 Å². The maximum Gasteiger partial charge on any atom is 0.416 e. The third kappa shape index (κ3) is 3.84. The molecule has 3 rings (SSSR count). The van der Waals surface area contributed by atoms with E-state index in [1.807, 2.05) is 0 Å². The van der Waals surface area contributed by atoms with E-state index in [0.717, 1.165) is 24.3 Å². The third-order valence-corrected chi connectivity index (χ3v) is 4.07. The van der Waals surface area contributed by atoms with Crippen LogP contribution < -0.4 is 10.2 Å². The summed E-state index contributed by atoms with van der Waals surface area (Å²) in [7, 11) is 0. The molecular formula is C18H14F4N2O2. The van der Waals surface area contributed by atoms with Crippen molar-refractivity contribution in [2.45, 2.75) is 18.6 Å². The number of alkyl halides is 3. The van der Waals surface area contributed by atoms with Gasteiger partial charge < -0.3 is 10.2 Å². The Morgan fingerprint density at radius 2 is 1.65 bits per heavy atom. The van der Waals surface area contributed by atoms with E-state index in [1.165, 1.54) is 29.2 Å². The molecule has 136 valence electrons. The van der Waals surface area contributed by atoms with Gasteiger partial charge in [-0.05, 0) is 48.5 Å². The fourth-order valence-corrected chi connectivity index (χ4v) is 2.75. The molecule has 0 bridgehead atoms. The molecule has 0 radical (unpaired) electrons. The molecule has 1 N–H and O–H groups in total. The first-order chi connectivity index (χ1) is 12.2. The first-order valence-electron chi connectivity index (χ1n) is 7.78. The van der Waals surface area contributed by atoms with Gasteiger partial charge in [-0.15, -0.1) is 0 Å². The fourth-order valence-electron chi connectivity index (χ4n) is 2.75. The number of nitrogens with zero attached hydrogens (tertiary/aromatic N) is 1. The van der Waals surface area contributed by atoms with E-state index in [0.29, 0.717) is 5.69 Å². The molecule has 1 atom stereocenters. The van der Waals surface area contributed by atoms with Gasteiger partial charge in [0.05, 0.1) is 11.6 Å². The molecule has 2 aromatic rings. The highest BCUT2D eigenvalue weighted by Gasteiger charge is 2.32. The zero-order valence-corrected chi connectivity index (χ0v) is 13.4. The number of nitrogens with one attached hydrogen (secondary N) is 1. The standard InChI is InChI=1S/C18H14F4N2O2/c19-13-5-7-15(8-6-13)24-10-14(9-16(24)25)23-17(26)11-1-3-12(4-2-11)18(20,21)22/h1-8,14H,9-10H2,(H,23,26). The first-order valence-corrected chi connectivity index (χ1v) is 7.78. The lowest BCUT2D eigenvalue weighted by molar-refractivity contribution is -0.137. The van der Waals surface area contributed by atoms with E-state index < -0.39 is 29.5 Å². The molecule has 1 fully saturated rings. The highest BCUT2D eigenvalue weighted by atomic mass is 19.4. The van der Waals surface area contributed by atoms with Crippen LogP contribution in [-0.4, -0.2) is 24.4 Å². The zero-order chi connectivity index (χ0) is 18.9. The maximum atomic E-state index is 13.0. The summed E-state index contributed by atoms with van der Waals surface area (Å²) in [4.78, 5) is 25.7. The number of amides is 2. The number of anilines is 1. The van der Waals surface area contributed by atoms with Gasteiger partial charge in [0.2, 0.25) is 5.91 Å². The summed E-state index contributed by atoms with van der Waals surface area (Å²) in [5.41, 5.74) is -0.249. The van der Waals surface area contributed by atoms with Crippen molar-refractivity contribution in [3.63, 3.8) is 0 Å². The second kappa shape index (κ2) is 6.78. The van der Waals surface area contributed by atoms with Crippen LogP contribution in [0.2, 0.25) is 0 Å². The molecule has 2 amide bonds. The van der Waals surface area contributed by atoms with Crippen LogP contribution in [0.5, 0.6) is 0 Å². The molecule has 1 aliphatic heterocycles. The molecule has 0 aromatic heterocycles. The average molecular weight is 366 g/mol. The van der Waals surface area contributed by atoms with Crippen LogP contribution in [0.4, 0.5) is 23.2 Å². The number of carbonyl (C=O) groups excluding carboxylic acids is 2. The Kier molecular flexibility index (Phi) is 4.67. The van der Waals surface area contributed by atoms with Gasteiger partial charge in [0.1, 0.15) is 5.82 Å². The van der Waals surface area contributed by atoms with Gasteiger partial charge >= 0.3 is 6.18 Å². The lowest BCUT2D eigenvalue weighted by Gasteiger charge is -2.17. The molecule has 1 unspecified atom stereocenters. The largest absolute Gasteiger partial charge is 0.416 e. The molecule has 0 spiro atoms. The third-order valence-electron chi connectivity index (χ3n) is 4.07. The van der Waals surface area contributed by atoms with E-state index >= 15 is 0 Å². The Bertz CT molecular complexity index is 817. The van der Waals surface area contributed by atoms with Gasteiger partial charge in [0.25, 0.3) is 5.91 Å². The molecule has 0 aliphatic carbocycles. The molecular weight excluding hydrogens is 352 g/mol. The Hall–Kier alpha value is -2.90. The lowest BCUT2D eigenvalue weighted by atomic mass is 10.1. The molecule has 0 saturated carbocycles. The SMILES string of the molecule is O=C(NC1CC(=O)N(c2ccc(F)cc2)C1)c1ccc(C(F)(F)F)cc1. The van der Waals surface area contributed by atoms with Gasteiger partial charge in [0, 0.05) is 24.2 Å². The molecule has 1 heterocycles. The number of hydrogen-bond acceptors (Lipinski definition) is 2. The summed E-state index contributed by atoms with van der Waals surface area (Å²) in [6.45, 7) is 0.205. The van der Waals surface area contributed by atoms with Gasteiger partial charge in [-0.1, -0.05) is 0 Å². The van der Waals surface area contributed by atoms with E-state index in [9.17, 15) is 27.2 Å². The smallest absolute Gasteiger partial charge is 0.347 e. The molecule has 8 heteroatoms. The van der Waals surface area contributed by atoms with Crippen molar-refractivity contribution >= 4 is 17.5 Å². The highest BCUT2D eigenvalue weighted by molar-refractivity contribution is 5.98. The van der Waals surface area contributed by atoms with Crippen LogP contribution in [0.15, 0.2) is 48.5 Å². The Labute approximate surface area is 146 Å². The highest BCUT2D eigenvalue weighted by Crippen LogP contribution is 2.29. The molecule has 26 heavy (non-hydrogen) atoms. The summed E-state index contributed by atoms with van der Waals surface area (Å²) < 4.78 is 50.6. The van der Waals surface area contributed by atoms with Crippen LogP contribution in [-0.2, 0) is 11.0 Å². The van der Waals surface area contributed by atoms with Gasteiger partial charge in [-0.3, -0.25) is 9.59 Å². The number of benzene rings is 2. The normalized spacial score (nSPS) is 17.5. The monoisotopic (exact) mass is 366 g/mol. The van der Waals surface area contributed by atoms with E-state index in [1.54, 1.807) is 0 Å². The van der Waals surface area contributed by atoms with Crippen molar-refractivity contribution in [3.05, 3.63) is 65.5 Å². The lowest BCUT2D eigenvalue weighted by Crippen LogP contribution is -2.37. The number of rotatable bonds is 3. The molecule has 1 aliphatic rings. The maximum absolute atomic E-state index is 13.0. The fraction of sp³-hybridized carbons (Fsp3) is 0.222. The minimum atomic E-state index is -4.47. The quantitative estimate of drug-likeness (QED) is 0.847. The van der Waals surface area contributed by atoms with Crippen molar-refractivity contribution in [2.24, 2.45) is 0 Å². The van der Waals surface area contributed by atoms with E-state index in [4.69, 9.17) is 0 Å². The van der Waals surface area contributed by atoms with E-state index in [-0.39, 0.29) is 24.4 Å². The predicted molar refractivity (Wildman–Crippen MR) is 86.1 cm³/mol. The minimum absolute atomic E-state index is 0.0593. The Balaban J connectivity index is 1.65. The second-order valence-corrected chi connectivity index (χ2v) is 5.93. The number of halogens is 4. The molecule has 2 aromatic carbocycles. The first kappa shape index (κ1) is 17.9. The predicted octanol–water partition coefficient (Wildman–Crippen LogP) is 3.38. The summed E-state index contributed by atoms with van der Waals surface area (Å²) in [5, 5.41) is 2.64. The van der Waals surface area contributed by atoms with Crippen LogP contribution in [0.3, 0.4) is 0 Å². The van der Waals surface area contributed by atoms with E-state index in [2.05, 4.69) is 5.32 Å². The van der Waals surface area contributed by atoms with Crippen molar-refractivity contribution in [3.8, 4) is 0 Å². The second-order valence-electron chi connectivity index (χ2n) is 5.93. The van der Waals surface area contributed by atoms with Crippen LogP contribution >= 0.6 is 0 Å². The van der Waals surface area contributed by atoms with Crippen molar-refractivity contribution in [1.82, 2.24) is 5.32 Å². The van der Waals surface area contributed by atoms with Crippen molar-refractivity contribution in [1.29, 1.82) is 0 Å². The number of carbonyl (C=O) groups is 2. The Morgan fingerprint density at radius 1 is 1.04 bits per heavy atom. The topological polar surface area (TPSA) is 49.4 Å². The average Bonchev–Trinajstić information content (AvgIpc) is 2.95. The van der Waals surface area contributed by atoms with Gasteiger partial charge in [-0.2, -0.15) is 13.2 Å². The Morgan fingerprint density at radius 3 is 2.23 bits per heavy atom.